The van der Waals surface area contributed by atoms with E-state index in [2.05, 4.69) is 20.5 Å². The van der Waals surface area contributed by atoms with E-state index >= 15 is 0 Å². The highest BCUT2D eigenvalue weighted by molar-refractivity contribution is 5.83. The van der Waals surface area contributed by atoms with Gasteiger partial charge in [0.1, 0.15) is 5.82 Å². The first-order valence-corrected chi connectivity index (χ1v) is 7.62. The van der Waals surface area contributed by atoms with E-state index < -0.39 is 6.09 Å². The molecule has 1 aromatic carbocycles. The molecule has 3 aromatic rings. The number of anilines is 3. The van der Waals surface area contributed by atoms with Crippen LogP contribution in [0, 0.1) is 5.82 Å². The maximum atomic E-state index is 13.1. The summed E-state index contributed by atoms with van der Waals surface area (Å²) < 4.78 is 19.7. The largest absolute Gasteiger partial charge is 0.447 e. The zero-order chi connectivity index (χ0) is 18.0. The Labute approximate surface area is 143 Å². The zero-order valence-corrected chi connectivity index (χ0v) is 14.0. The van der Waals surface area contributed by atoms with Crippen molar-refractivity contribution in [2.75, 3.05) is 17.3 Å². The molecule has 0 fully saturated rings. The molecule has 0 unspecified atom stereocenters. The molecule has 0 bridgehead atoms. The number of nitrogens with zero attached hydrogens (tertiary/aromatic N) is 5. The molecule has 0 aliphatic carbocycles. The van der Waals surface area contributed by atoms with Crippen molar-refractivity contribution in [3.8, 4) is 0 Å². The highest BCUT2D eigenvalue weighted by Gasteiger charge is 2.17. The van der Waals surface area contributed by atoms with Crippen molar-refractivity contribution in [3.63, 3.8) is 0 Å². The summed E-state index contributed by atoms with van der Waals surface area (Å²) in [5, 5.41) is 10.6. The lowest BCUT2D eigenvalue weighted by molar-refractivity contribution is 0.129. The molecular formula is C16H17FN6O2. The third kappa shape index (κ3) is 3.49. The Morgan fingerprint density at radius 3 is 2.68 bits per heavy atom. The van der Waals surface area contributed by atoms with Gasteiger partial charge in [-0.3, -0.25) is 9.72 Å². The molecule has 0 aliphatic rings. The number of carbonyl (C=O) groups excluding carboxylic acids is 1. The molecule has 0 atom stereocenters. The number of halogens is 1. The van der Waals surface area contributed by atoms with Crippen LogP contribution in [0.3, 0.4) is 0 Å². The van der Waals surface area contributed by atoms with E-state index in [0.29, 0.717) is 11.5 Å². The zero-order valence-electron chi connectivity index (χ0n) is 14.0. The van der Waals surface area contributed by atoms with E-state index in [4.69, 9.17) is 4.74 Å². The molecule has 2 aromatic heterocycles. The number of rotatable bonds is 4. The third-order valence-electron chi connectivity index (χ3n) is 3.40. The Morgan fingerprint density at radius 1 is 1.28 bits per heavy atom. The summed E-state index contributed by atoms with van der Waals surface area (Å²) >= 11 is 0. The Kier molecular flexibility index (Phi) is 4.46. The molecule has 1 N–H and O–H groups in total. The Bertz CT molecular complexity index is 893. The summed E-state index contributed by atoms with van der Waals surface area (Å²) in [6.07, 6.45) is 2.32. The van der Waals surface area contributed by atoms with Gasteiger partial charge in [-0.2, -0.15) is 0 Å². The summed E-state index contributed by atoms with van der Waals surface area (Å²) in [5.41, 5.74) is 1.17. The van der Waals surface area contributed by atoms with Gasteiger partial charge in [0.15, 0.2) is 5.82 Å². The van der Waals surface area contributed by atoms with Gasteiger partial charge >= 0.3 is 6.09 Å². The predicted octanol–water partition coefficient (Wildman–Crippen LogP) is 2.99. The van der Waals surface area contributed by atoms with Gasteiger partial charge in [0.2, 0.25) is 11.6 Å². The molecule has 8 nitrogen and oxygen atoms in total. The average molecular weight is 344 g/mol. The van der Waals surface area contributed by atoms with Crippen LogP contribution in [-0.4, -0.2) is 38.8 Å². The average Bonchev–Trinajstić information content (AvgIpc) is 2.97. The first kappa shape index (κ1) is 16.6. The van der Waals surface area contributed by atoms with Crippen LogP contribution >= 0.6 is 0 Å². The van der Waals surface area contributed by atoms with Crippen LogP contribution in [-0.2, 0) is 4.74 Å². The Morgan fingerprint density at radius 2 is 2.00 bits per heavy atom. The fourth-order valence-electron chi connectivity index (χ4n) is 2.26. The van der Waals surface area contributed by atoms with Gasteiger partial charge in [0.25, 0.3) is 0 Å². The maximum absolute atomic E-state index is 13.1. The number of ether oxygens (including phenoxy) is 1. The lowest BCUT2D eigenvalue weighted by Gasteiger charge is -2.18. The minimum atomic E-state index is -0.616. The standard InChI is InChI=1S/C16H17FN6O2/c1-10(2)25-16(24)19-15-21-20-14-13(18-8-9-23(14)15)22(3)12-6-4-11(17)5-7-12/h4-10H,1-3H3,(H,19,21,24). The van der Waals surface area contributed by atoms with Crippen LogP contribution in [0.4, 0.5) is 26.6 Å². The number of amides is 1. The molecule has 0 aliphatic heterocycles. The highest BCUT2D eigenvalue weighted by Crippen LogP contribution is 2.25. The van der Waals surface area contributed by atoms with Gasteiger partial charge in [-0.15, -0.1) is 10.2 Å². The number of nitrogens with one attached hydrogen (secondary N) is 1. The summed E-state index contributed by atoms with van der Waals surface area (Å²) in [6.45, 7) is 3.50. The van der Waals surface area contributed by atoms with E-state index in [1.807, 2.05) is 0 Å². The van der Waals surface area contributed by atoms with Gasteiger partial charge < -0.3 is 9.64 Å². The second-order valence-electron chi connectivity index (χ2n) is 5.58. The van der Waals surface area contributed by atoms with Gasteiger partial charge in [-0.25, -0.2) is 14.2 Å². The fraction of sp³-hybridized carbons (Fsp3) is 0.250. The molecule has 0 saturated heterocycles. The summed E-state index contributed by atoms with van der Waals surface area (Å²) in [6, 6.07) is 6.00. The van der Waals surface area contributed by atoms with Crippen LogP contribution in [0.25, 0.3) is 5.65 Å². The van der Waals surface area contributed by atoms with Gasteiger partial charge in [-0.05, 0) is 38.1 Å². The van der Waals surface area contributed by atoms with Crippen LogP contribution in [0.15, 0.2) is 36.7 Å². The van der Waals surface area contributed by atoms with Crippen LogP contribution in [0.1, 0.15) is 13.8 Å². The van der Waals surface area contributed by atoms with E-state index in [9.17, 15) is 9.18 Å². The minimum Gasteiger partial charge on any atom is -0.447 e. The van der Waals surface area contributed by atoms with Crippen LogP contribution < -0.4 is 10.2 Å². The first-order valence-electron chi connectivity index (χ1n) is 7.62. The van der Waals surface area contributed by atoms with Crippen molar-refractivity contribution >= 4 is 29.2 Å². The normalized spacial score (nSPS) is 10.9. The number of benzene rings is 1. The molecule has 0 radical (unpaired) electrons. The summed E-state index contributed by atoms with van der Waals surface area (Å²) in [4.78, 5) is 17.8. The number of fused-ring (bicyclic) bond motifs is 1. The molecule has 0 spiro atoms. The molecule has 130 valence electrons. The molecule has 9 heteroatoms. The van der Waals surface area contributed by atoms with Crippen molar-refractivity contribution in [1.29, 1.82) is 0 Å². The quantitative estimate of drug-likeness (QED) is 0.783. The van der Waals surface area contributed by atoms with Crippen LogP contribution in [0.2, 0.25) is 0 Å². The topological polar surface area (TPSA) is 84.6 Å². The summed E-state index contributed by atoms with van der Waals surface area (Å²) in [5.74, 6) is 0.407. The van der Waals surface area contributed by atoms with Crippen molar-refractivity contribution in [1.82, 2.24) is 19.6 Å². The SMILES string of the molecule is CC(C)OC(=O)Nc1nnc2c(N(C)c3ccc(F)cc3)nccn12. The fourth-order valence-corrected chi connectivity index (χ4v) is 2.26. The van der Waals surface area contributed by atoms with E-state index in [1.54, 1.807) is 54.7 Å². The lowest BCUT2D eigenvalue weighted by atomic mass is 10.3. The van der Waals surface area contributed by atoms with E-state index in [-0.39, 0.29) is 17.9 Å². The minimum absolute atomic E-state index is 0.219. The van der Waals surface area contributed by atoms with E-state index in [1.165, 1.54) is 12.1 Å². The first-order chi connectivity index (χ1) is 12.0. The van der Waals surface area contributed by atoms with Crippen LogP contribution in [0.5, 0.6) is 0 Å². The molecule has 3 rings (SSSR count). The summed E-state index contributed by atoms with van der Waals surface area (Å²) in [7, 11) is 1.78. The number of aromatic nitrogens is 4. The van der Waals surface area contributed by atoms with Gasteiger partial charge in [-0.1, -0.05) is 0 Å². The molecule has 1 amide bonds. The molecular weight excluding hydrogens is 327 g/mol. The number of carbonyl (C=O) groups is 1. The predicted molar refractivity (Wildman–Crippen MR) is 90.5 cm³/mol. The number of hydrogen-bond donors (Lipinski definition) is 1. The Balaban J connectivity index is 1.93. The third-order valence-corrected chi connectivity index (χ3v) is 3.40. The molecule has 2 heterocycles. The molecule has 25 heavy (non-hydrogen) atoms. The smallest absolute Gasteiger partial charge is 0.414 e. The van der Waals surface area contributed by atoms with Crippen molar-refractivity contribution in [2.45, 2.75) is 20.0 Å². The second-order valence-corrected chi connectivity index (χ2v) is 5.58. The van der Waals surface area contributed by atoms with Crippen molar-refractivity contribution < 1.29 is 13.9 Å². The Hall–Kier alpha value is -3.23. The van der Waals surface area contributed by atoms with Crippen molar-refractivity contribution in [3.05, 3.63) is 42.5 Å². The lowest BCUT2D eigenvalue weighted by Crippen LogP contribution is -2.19. The van der Waals surface area contributed by atoms with Crippen molar-refractivity contribution in [2.24, 2.45) is 0 Å². The van der Waals surface area contributed by atoms with E-state index in [0.717, 1.165) is 5.69 Å². The number of hydrogen-bond acceptors (Lipinski definition) is 6. The van der Waals surface area contributed by atoms with Gasteiger partial charge in [0, 0.05) is 25.1 Å². The monoisotopic (exact) mass is 344 g/mol. The maximum Gasteiger partial charge on any atom is 0.414 e. The highest BCUT2D eigenvalue weighted by atomic mass is 19.1. The van der Waals surface area contributed by atoms with Gasteiger partial charge in [0.05, 0.1) is 6.10 Å². The molecule has 0 saturated carbocycles. The second kappa shape index (κ2) is 6.71.